The fourth-order valence-electron chi connectivity index (χ4n) is 1.47. The zero-order valence-corrected chi connectivity index (χ0v) is 12.4. The van der Waals surface area contributed by atoms with E-state index in [1.165, 1.54) is 37.4 Å². The lowest BCUT2D eigenvalue weighted by Gasteiger charge is -2.14. The second kappa shape index (κ2) is 6.70. The van der Waals surface area contributed by atoms with Crippen molar-refractivity contribution >= 4 is 46.7 Å². The maximum Gasteiger partial charge on any atom is 0.221 e. The number of nitrogens with one attached hydrogen (secondary N) is 2. The molecule has 0 aliphatic rings. The normalized spacial score (nSPS) is 10.0. The van der Waals surface area contributed by atoms with Crippen molar-refractivity contribution < 1.29 is 9.59 Å². The van der Waals surface area contributed by atoms with Crippen LogP contribution in [-0.2, 0) is 9.59 Å². The number of hydrogen-bond donors (Lipinski definition) is 2. The molecule has 1 aromatic rings. The summed E-state index contributed by atoms with van der Waals surface area (Å²) in [6.45, 7) is 2.95. The minimum Gasteiger partial charge on any atom is -0.325 e. The Labute approximate surface area is 115 Å². The molecule has 0 spiro atoms. The molecule has 18 heavy (non-hydrogen) atoms. The first-order valence-electron chi connectivity index (χ1n) is 5.29. The molecule has 0 radical (unpaired) electrons. The van der Waals surface area contributed by atoms with Gasteiger partial charge in [0, 0.05) is 23.6 Å². The van der Waals surface area contributed by atoms with E-state index in [-0.39, 0.29) is 11.8 Å². The molecule has 2 amide bonds. The summed E-state index contributed by atoms with van der Waals surface area (Å²) in [6.07, 6.45) is 3.86. The second-order valence-electron chi connectivity index (χ2n) is 3.62. The summed E-state index contributed by atoms with van der Waals surface area (Å²) >= 11 is 3.05. The molecule has 0 saturated heterocycles. The molecule has 0 unspecified atom stereocenters. The minimum absolute atomic E-state index is 0.107. The first-order valence-corrected chi connectivity index (χ1v) is 7.74. The Bertz CT molecular complexity index is 432. The third-order valence-corrected chi connectivity index (χ3v) is 3.70. The second-order valence-corrected chi connectivity index (χ2v) is 5.31. The Balaban J connectivity index is 3.22. The smallest absolute Gasteiger partial charge is 0.221 e. The van der Waals surface area contributed by atoms with E-state index < -0.39 is 0 Å². The van der Waals surface area contributed by atoms with Crippen LogP contribution in [0.3, 0.4) is 0 Å². The van der Waals surface area contributed by atoms with Crippen LogP contribution in [0.5, 0.6) is 0 Å². The average molecular weight is 284 g/mol. The lowest BCUT2D eigenvalue weighted by atomic mass is 10.2. The highest BCUT2D eigenvalue weighted by Crippen LogP contribution is 2.36. The molecule has 0 aliphatic carbocycles. The summed E-state index contributed by atoms with van der Waals surface area (Å²) in [6, 6.07) is 3.76. The molecule has 4 nitrogen and oxygen atoms in total. The average Bonchev–Trinajstić information content (AvgIpc) is 2.29. The van der Waals surface area contributed by atoms with E-state index in [1.807, 2.05) is 24.6 Å². The van der Waals surface area contributed by atoms with Crippen molar-refractivity contribution in [3.63, 3.8) is 0 Å². The number of carbonyl (C=O) groups excluding carboxylic acids is 2. The summed E-state index contributed by atoms with van der Waals surface area (Å²) in [7, 11) is 0. The van der Waals surface area contributed by atoms with Gasteiger partial charge in [-0.25, -0.2) is 0 Å². The van der Waals surface area contributed by atoms with Crippen LogP contribution in [0.15, 0.2) is 21.9 Å². The number of rotatable bonds is 4. The first-order chi connectivity index (χ1) is 8.47. The number of benzene rings is 1. The molecular formula is C12H16N2O2S2. The predicted molar refractivity (Wildman–Crippen MR) is 78.6 cm³/mol. The van der Waals surface area contributed by atoms with Crippen molar-refractivity contribution in [3.05, 3.63) is 12.1 Å². The van der Waals surface area contributed by atoms with E-state index in [0.29, 0.717) is 0 Å². The highest BCUT2D eigenvalue weighted by Gasteiger charge is 2.11. The van der Waals surface area contributed by atoms with Crippen LogP contribution in [0.2, 0.25) is 0 Å². The van der Waals surface area contributed by atoms with Gasteiger partial charge in [-0.3, -0.25) is 9.59 Å². The Morgan fingerprint density at radius 3 is 1.44 bits per heavy atom. The molecule has 98 valence electrons. The number of carbonyl (C=O) groups is 2. The predicted octanol–water partition coefficient (Wildman–Crippen LogP) is 3.05. The molecular weight excluding hydrogens is 268 g/mol. The van der Waals surface area contributed by atoms with Crippen molar-refractivity contribution in [2.24, 2.45) is 0 Å². The first kappa shape index (κ1) is 14.9. The number of thioether (sulfide) groups is 2. The standard InChI is InChI=1S/C12H16N2O2S2/c1-7(15)13-9-5-12(18-4)10(14-8(2)16)6-11(9)17-3/h5-6H,1-4H3,(H,13,15)(H,14,16). The maximum absolute atomic E-state index is 11.1. The molecule has 2 N–H and O–H groups in total. The van der Waals surface area contributed by atoms with E-state index in [1.54, 1.807) is 0 Å². The van der Waals surface area contributed by atoms with Crippen LogP contribution >= 0.6 is 23.5 Å². The van der Waals surface area contributed by atoms with Crippen LogP contribution in [0.25, 0.3) is 0 Å². The largest absolute Gasteiger partial charge is 0.325 e. The van der Waals surface area contributed by atoms with Gasteiger partial charge in [0.05, 0.1) is 11.4 Å². The highest BCUT2D eigenvalue weighted by molar-refractivity contribution is 7.99. The van der Waals surface area contributed by atoms with Crippen LogP contribution in [-0.4, -0.2) is 24.3 Å². The Kier molecular flexibility index (Phi) is 5.55. The molecule has 0 aromatic heterocycles. The van der Waals surface area contributed by atoms with Gasteiger partial charge < -0.3 is 10.6 Å². The van der Waals surface area contributed by atoms with Crippen LogP contribution < -0.4 is 10.6 Å². The number of anilines is 2. The highest BCUT2D eigenvalue weighted by atomic mass is 32.2. The fraction of sp³-hybridized carbons (Fsp3) is 0.333. The Morgan fingerprint density at radius 1 is 0.889 bits per heavy atom. The summed E-state index contributed by atoms with van der Waals surface area (Å²) in [5.74, 6) is -0.214. The maximum atomic E-state index is 11.1. The zero-order valence-electron chi connectivity index (χ0n) is 10.8. The van der Waals surface area contributed by atoms with Crippen molar-refractivity contribution in [3.8, 4) is 0 Å². The molecule has 6 heteroatoms. The van der Waals surface area contributed by atoms with Gasteiger partial charge in [-0.05, 0) is 24.6 Å². The van der Waals surface area contributed by atoms with Gasteiger partial charge in [0.25, 0.3) is 0 Å². The molecule has 0 heterocycles. The van der Waals surface area contributed by atoms with E-state index in [0.717, 1.165) is 21.2 Å². The summed E-state index contributed by atoms with van der Waals surface area (Å²) in [4.78, 5) is 24.1. The van der Waals surface area contributed by atoms with E-state index >= 15 is 0 Å². The molecule has 0 aliphatic heterocycles. The molecule has 0 saturated carbocycles. The lowest BCUT2D eigenvalue weighted by molar-refractivity contribution is -0.115. The molecule has 1 aromatic carbocycles. The summed E-state index contributed by atoms with van der Waals surface area (Å²) in [5.41, 5.74) is 1.54. The summed E-state index contributed by atoms with van der Waals surface area (Å²) in [5, 5.41) is 5.59. The van der Waals surface area contributed by atoms with Crippen molar-refractivity contribution in [1.82, 2.24) is 0 Å². The van der Waals surface area contributed by atoms with Gasteiger partial charge in [0.1, 0.15) is 0 Å². The Hall–Kier alpha value is -1.14. The van der Waals surface area contributed by atoms with Crippen LogP contribution in [0, 0.1) is 0 Å². The van der Waals surface area contributed by atoms with Gasteiger partial charge in [-0.1, -0.05) is 0 Å². The fourth-order valence-corrected chi connectivity index (χ4v) is 2.60. The van der Waals surface area contributed by atoms with Gasteiger partial charge in [0.15, 0.2) is 0 Å². The van der Waals surface area contributed by atoms with Crippen LogP contribution in [0.1, 0.15) is 13.8 Å². The lowest BCUT2D eigenvalue weighted by Crippen LogP contribution is -2.10. The topological polar surface area (TPSA) is 58.2 Å². The van der Waals surface area contributed by atoms with Crippen LogP contribution in [0.4, 0.5) is 11.4 Å². The minimum atomic E-state index is -0.107. The van der Waals surface area contributed by atoms with Gasteiger partial charge in [0.2, 0.25) is 11.8 Å². The number of amides is 2. The Morgan fingerprint density at radius 2 is 1.22 bits per heavy atom. The quantitative estimate of drug-likeness (QED) is 0.834. The molecule has 1 rings (SSSR count). The van der Waals surface area contributed by atoms with Crippen molar-refractivity contribution in [1.29, 1.82) is 0 Å². The van der Waals surface area contributed by atoms with Gasteiger partial charge >= 0.3 is 0 Å². The van der Waals surface area contributed by atoms with E-state index in [2.05, 4.69) is 10.6 Å². The van der Waals surface area contributed by atoms with Crippen molar-refractivity contribution in [2.45, 2.75) is 23.6 Å². The molecule has 0 bridgehead atoms. The van der Waals surface area contributed by atoms with E-state index in [4.69, 9.17) is 0 Å². The van der Waals surface area contributed by atoms with Gasteiger partial charge in [-0.2, -0.15) is 0 Å². The summed E-state index contributed by atoms with van der Waals surface area (Å²) < 4.78 is 0. The molecule has 0 fully saturated rings. The van der Waals surface area contributed by atoms with Crippen molar-refractivity contribution in [2.75, 3.05) is 23.1 Å². The molecule has 0 atom stereocenters. The van der Waals surface area contributed by atoms with Gasteiger partial charge in [-0.15, -0.1) is 23.5 Å². The third-order valence-electron chi connectivity index (χ3n) is 2.14. The zero-order chi connectivity index (χ0) is 13.7. The number of hydrogen-bond acceptors (Lipinski definition) is 4. The monoisotopic (exact) mass is 284 g/mol. The van der Waals surface area contributed by atoms with E-state index in [9.17, 15) is 9.59 Å². The SMILES string of the molecule is CSc1cc(NC(C)=O)c(SC)cc1NC(C)=O. The third kappa shape index (κ3) is 3.96.